The fraction of sp³-hybridized carbons (Fsp3) is 0.417. The monoisotopic (exact) mass is 253 g/mol. The highest BCUT2D eigenvalue weighted by Crippen LogP contribution is 2.13. The highest BCUT2D eigenvalue weighted by Gasteiger charge is 2.12. The number of amides is 1. The van der Waals surface area contributed by atoms with Gasteiger partial charge in [-0.2, -0.15) is 11.8 Å². The van der Waals surface area contributed by atoms with Crippen LogP contribution in [0.1, 0.15) is 23.7 Å². The Bertz CT molecular complexity index is 371. The summed E-state index contributed by atoms with van der Waals surface area (Å²) in [5.74, 6) is 6.32. The summed E-state index contributed by atoms with van der Waals surface area (Å²) in [6, 6.07) is 7.36. The molecule has 0 saturated heterocycles. The summed E-state index contributed by atoms with van der Waals surface area (Å²) < 4.78 is 0. The average Bonchev–Trinajstić information content (AvgIpc) is 2.36. The quantitative estimate of drug-likeness (QED) is 0.534. The van der Waals surface area contributed by atoms with Crippen LogP contribution in [0.25, 0.3) is 0 Å². The van der Waals surface area contributed by atoms with Gasteiger partial charge in [0.2, 0.25) is 0 Å². The number of nitrogen functional groups attached to an aromatic ring is 1. The van der Waals surface area contributed by atoms with E-state index in [4.69, 9.17) is 5.84 Å². The Morgan fingerprint density at radius 1 is 1.47 bits per heavy atom. The standard InChI is InChI=1S/C12H19N3OS/c1-9(7-8-17-2)14-12(16)10-5-3-4-6-11(10)15-13/h3-6,9,15H,7-8,13H2,1-2H3,(H,14,16). The fourth-order valence-corrected chi connectivity index (χ4v) is 2.06. The molecule has 0 saturated carbocycles. The zero-order valence-corrected chi connectivity index (χ0v) is 11.0. The van der Waals surface area contributed by atoms with Crippen LogP contribution in [0.3, 0.4) is 0 Å². The Kier molecular flexibility index (Phi) is 5.86. The summed E-state index contributed by atoms with van der Waals surface area (Å²) in [4.78, 5) is 12.0. The number of thioether (sulfide) groups is 1. The first kappa shape index (κ1) is 13.9. The van der Waals surface area contributed by atoms with E-state index in [1.165, 1.54) is 0 Å². The predicted molar refractivity (Wildman–Crippen MR) is 74.2 cm³/mol. The summed E-state index contributed by atoms with van der Waals surface area (Å²) in [5.41, 5.74) is 3.74. The van der Waals surface area contributed by atoms with E-state index in [-0.39, 0.29) is 11.9 Å². The van der Waals surface area contributed by atoms with Gasteiger partial charge in [-0.25, -0.2) is 0 Å². The van der Waals surface area contributed by atoms with Crippen molar-refractivity contribution in [3.05, 3.63) is 29.8 Å². The lowest BCUT2D eigenvalue weighted by Crippen LogP contribution is -2.33. The summed E-state index contributed by atoms with van der Waals surface area (Å²) in [7, 11) is 0. The first-order valence-electron chi connectivity index (χ1n) is 5.54. The molecule has 4 nitrogen and oxygen atoms in total. The Morgan fingerprint density at radius 2 is 2.18 bits per heavy atom. The molecular weight excluding hydrogens is 234 g/mol. The van der Waals surface area contributed by atoms with Gasteiger partial charge in [-0.3, -0.25) is 10.6 Å². The molecule has 0 aromatic heterocycles. The number of anilines is 1. The van der Waals surface area contributed by atoms with Gasteiger partial charge in [0.1, 0.15) is 0 Å². The van der Waals surface area contributed by atoms with Crippen LogP contribution in [-0.2, 0) is 0 Å². The number of nitrogens with two attached hydrogens (primary N) is 1. The lowest BCUT2D eigenvalue weighted by molar-refractivity contribution is 0.0940. The molecule has 0 spiro atoms. The van der Waals surface area contributed by atoms with E-state index in [1.807, 2.05) is 19.1 Å². The molecule has 4 N–H and O–H groups in total. The van der Waals surface area contributed by atoms with Gasteiger partial charge in [0.25, 0.3) is 5.91 Å². The Balaban J connectivity index is 2.63. The molecule has 1 atom stereocenters. The van der Waals surface area contributed by atoms with E-state index < -0.39 is 0 Å². The summed E-state index contributed by atoms with van der Waals surface area (Å²) in [6.07, 6.45) is 3.02. The molecule has 1 unspecified atom stereocenters. The maximum Gasteiger partial charge on any atom is 0.253 e. The third-order valence-corrected chi connectivity index (χ3v) is 3.10. The topological polar surface area (TPSA) is 67.2 Å². The van der Waals surface area contributed by atoms with Crippen molar-refractivity contribution in [3.63, 3.8) is 0 Å². The number of carbonyl (C=O) groups excluding carboxylic acids is 1. The first-order valence-corrected chi connectivity index (χ1v) is 6.94. The van der Waals surface area contributed by atoms with Gasteiger partial charge in [-0.1, -0.05) is 12.1 Å². The lowest BCUT2D eigenvalue weighted by atomic mass is 10.1. The molecule has 1 aromatic carbocycles. The molecule has 0 aliphatic carbocycles. The maximum absolute atomic E-state index is 12.0. The Labute approximate surface area is 106 Å². The zero-order chi connectivity index (χ0) is 12.7. The Hall–Kier alpha value is -1.20. The summed E-state index contributed by atoms with van der Waals surface area (Å²) in [6.45, 7) is 2.01. The molecule has 5 heteroatoms. The number of nitrogens with one attached hydrogen (secondary N) is 2. The van der Waals surface area contributed by atoms with E-state index in [2.05, 4.69) is 17.0 Å². The van der Waals surface area contributed by atoms with Gasteiger partial charge < -0.3 is 10.7 Å². The van der Waals surface area contributed by atoms with Crippen molar-refractivity contribution >= 4 is 23.4 Å². The van der Waals surface area contributed by atoms with E-state index in [9.17, 15) is 4.79 Å². The molecule has 1 amide bonds. The number of para-hydroxylation sites is 1. The first-order chi connectivity index (χ1) is 8.19. The molecule has 1 rings (SSSR count). The molecule has 17 heavy (non-hydrogen) atoms. The molecule has 94 valence electrons. The second-order valence-electron chi connectivity index (χ2n) is 3.85. The summed E-state index contributed by atoms with van der Waals surface area (Å²) in [5, 5.41) is 2.96. The molecular formula is C12H19N3OS. The number of hydrogen-bond acceptors (Lipinski definition) is 4. The van der Waals surface area contributed by atoms with Crippen LogP contribution in [0.5, 0.6) is 0 Å². The van der Waals surface area contributed by atoms with Crippen LogP contribution in [0.15, 0.2) is 24.3 Å². The van der Waals surface area contributed by atoms with Crippen molar-refractivity contribution in [1.82, 2.24) is 5.32 Å². The average molecular weight is 253 g/mol. The van der Waals surface area contributed by atoms with Gasteiger partial charge in [0.05, 0.1) is 11.3 Å². The highest BCUT2D eigenvalue weighted by molar-refractivity contribution is 7.98. The number of benzene rings is 1. The van der Waals surface area contributed by atoms with Gasteiger partial charge in [0, 0.05) is 6.04 Å². The van der Waals surface area contributed by atoms with Crippen LogP contribution < -0.4 is 16.6 Å². The number of hydrazine groups is 1. The number of rotatable bonds is 6. The van der Waals surface area contributed by atoms with Crippen molar-refractivity contribution in [3.8, 4) is 0 Å². The normalized spacial score (nSPS) is 11.9. The van der Waals surface area contributed by atoms with Crippen LogP contribution in [0.4, 0.5) is 5.69 Å². The largest absolute Gasteiger partial charge is 0.349 e. The molecule has 0 aliphatic heterocycles. The van der Waals surface area contributed by atoms with Crippen LogP contribution >= 0.6 is 11.8 Å². The van der Waals surface area contributed by atoms with Gasteiger partial charge in [-0.15, -0.1) is 0 Å². The second-order valence-corrected chi connectivity index (χ2v) is 4.83. The second kappa shape index (κ2) is 7.19. The predicted octanol–water partition coefficient (Wildman–Crippen LogP) is 1.84. The molecule has 0 fully saturated rings. The van der Waals surface area contributed by atoms with E-state index in [0.717, 1.165) is 12.2 Å². The Morgan fingerprint density at radius 3 is 2.82 bits per heavy atom. The smallest absolute Gasteiger partial charge is 0.253 e. The van der Waals surface area contributed by atoms with Crippen molar-refractivity contribution in [1.29, 1.82) is 0 Å². The molecule has 0 radical (unpaired) electrons. The van der Waals surface area contributed by atoms with E-state index in [0.29, 0.717) is 11.3 Å². The molecule has 1 aromatic rings. The van der Waals surface area contributed by atoms with Crippen LogP contribution in [0.2, 0.25) is 0 Å². The minimum atomic E-state index is -0.0906. The van der Waals surface area contributed by atoms with Crippen LogP contribution in [-0.4, -0.2) is 24.0 Å². The molecule has 0 bridgehead atoms. The number of hydrogen-bond donors (Lipinski definition) is 3. The molecule has 0 heterocycles. The maximum atomic E-state index is 12.0. The van der Waals surface area contributed by atoms with Crippen molar-refractivity contribution in [2.45, 2.75) is 19.4 Å². The minimum absolute atomic E-state index is 0.0906. The van der Waals surface area contributed by atoms with Crippen molar-refractivity contribution < 1.29 is 4.79 Å². The SMILES string of the molecule is CSCCC(C)NC(=O)c1ccccc1NN. The van der Waals surface area contributed by atoms with Gasteiger partial charge in [0.15, 0.2) is 0 Å². The van der Waals surface area contributed by atoms with Gasteiger partial charge >= 0.3 is 0 Å². The third-order valence-electron chi connectivity index (χ3n) is 2.46. The minimum Gasteiger partial charge on any atom is -0.349 e. The van der Waals surface area contributed by atoms with Gasteiger partial charge in [-0.05, 0) is 37.5 Å². The highest BCUT2D eigenvalue weighted by atomic mass is 32.2. The van der Waals surface area contributed by atoms with Crippen LogP contribution in [0, 0.1) is 0 Å². The zero-order valence-electron chi connectivity index (χ0n) is 10.2. The number of carbonyl (C=O) groups is 1. The van der Waals surface area contributed by atoms with E-state index in [1.54, 1.807) is 23.9 Å². The summed E-state index contributed by atoms with van der Waals surface area (Å²) >= 11 is 1.78. The third kappa shape index (κ3) is 4.28. The van der Waals surface area contributed by atoms with Crippen molar-refractivity contribution in [2.24, 2.45) is 5.84 Å². The van der Waals surface area contributed by atoms with E-state index >= 15 is 0 Å². The molecule has 0 aliphatic rings. The van der Waals surface area contributed by atoms with Crippen molar-refractivity contribution in [2.75, 3.05) is 17.4 Å². The lowest BCUT2D eigenvalue weighted by Gasteiger charge is -2.14. The fourth-order valence-electron chi connectivity index (χ4n) is 1.48.